The predicted octanol–water partition coefficient (Wildman–Crippen LogP) is 4.42. The fraction of sp³-hybridized carbons (Fsp3) is 0.0588. The zero-order chi connectivity index (χ0) is 16.2. The van der Waals surface area contributed by atoms with Crippen molar-refractivity contribution in [3.8, 4) is 11.3 Å². The molecule has 0 fully saturated rings. The summed E-state index contributed by atoms with van der Waals surface area (Å²) >= 11 is 9.35. The molecule has 23 heavy (non-hydrogen) atoms. The third kappa shape index (κ3) is 4.00. The lowest BCUT2D eigenvalue weighted by Gasteiger charge is -2.03. The molecule has 0 aliphatic heterocycles. The standard InChI is InChI=1S/C17H13BrClN3O/c18-13-6-4-11(5-7-13)10-20-17(23)16-9-15(21-22-16)12-2-1-3-14(19)8-12/h1-9H,10H2,(H,20,23)(H,21,22). The van der Waals surface area contributed by atoms with Gasteiger partial charge in [-0.2, -0.15) is 5.10 Å². The predicted molar refractivity (Wildman–Crippen MR) is 94.3 cm³/mol. The Labute approximate surface area is 147 Å². The third-order valence-corrected chi connectivity index (χ3v) is 4.07. The summed E-state index contributed by atoms with van der Waals surface area (Å²) in [4.78, 5) is 12.2. The highest BCUT2D eigenvalue weighted by Crippen LogP contribution is 2.21. The molecule has 0 saturated carbocycles. The molecule has 0 aliphatic carbocycles. The number of rotatable bonds is 4. The number of benzene rings is 2. The van der Waals surface area contributed by atoms with Crippen LogP contribution in [0.2, 0.25) is 5.02 Å². The third-order valence-electron chi connectivity index (χ3n) is 3.31. The Balaban J connectivity index is 1.67. The highest BCUT2D eigenvalue weighted by Gasteiger charge is 2.11. The minimum Gasteiger partial charge on any atom is -0.347 e. The van der Waals surface area contributed by atoms with E-state index in [-0.39, 0.29) is 5.91 Å². The molecule has 0 radical (unpaired) electrons. The summed E-state index contributed by atoms with van der Waals surface area (Å²) in [6, 6.07) is 16.8. The van der Waals surface area contributed by atoms with Crippen LogP contribution in [-0.4, -0.2) is 16.1 Å². The van der Waals surface area contributed by atoms with E-state index in [0.717, 1.165) is 15.6 Å². The van der Waals surface area contributed by atoms with Crippen molar-refractivity contribution >= 4 is 33.4 Å². The van der Waals surface area contributed by atoms with Crippen LogP contribution in [0.4, 0.5) is 0 Å². The second-order valence-electron chi connectivity index (χ2n) is 4.99. The molecule has 116 valence electrons. The first kappa shape index (κ1) is 15.8. The van der Waals surface area contributed by atoms with E-state index >= 15 is 0 Å². The van der Waals surface area contributed by atoms with Crippen LogP contribution < -0.4 is 5.32 Å². The summed E-state index contributed by atoms with van der Waals surface area (Å²) in [5, 5.41) is 10.4. The van der Waals surface area contributed by atoms with Gasteiger partial charge in [0.2, 0.25) is 0 Å². The quantitative estimate of drug-likeness (QED) is 0.692. The van der Waals surface area contributed by atoms with Gasteiger partial charge in [-0.15, -0.1) is 0 Å². The molecule has 2 N–H and O–H groups in total. The smallest absolute Gasteiger partial charge is 0.269 e. The fourth-order valence-electron chi connectivity index (χ4n) is 2.11. The average molecular weight is 391 g/mol. The molecule has 6 heteroatoms. The molecule has 3 aromatic rings. The van der Waals surface area contributed by atoms with E-state index in [4.69, 9.17) is 11.6 Å². The Bertz CT molecular complexity index is 830. The van der Waals surface area contributed by atoms with Crippen LogP contribution in [-0.2, 0) is 6.54 Å². The van der Waals surface area contributed by atoms with Crippen LogP contribution in [0.15, 0.2) is 59.1 Å². The molecular formula is C17H13BrClN3O. The Hall–Kier alpha value is -2.11. The highest BCUT2D eigenvalue weighted by molar-refractivity contribution is 9.10. The van der Waals surface area contributed by atoms with E-state index in [1.165, 1.54) is 0 Å². The number of hydrogen-bond donors (Lipinski definition) is 2. The first-order valence-corrected chi connectivity index (χ1v) is 8.13. The number of hydrogen-bond acceptors (Lipinski definition) is 2. The number of nitrogens with one attached hydrogen (secondary N) is 2. The van der Waals surface area contributed by atoms with E-state index in [0.29, 0.717) is 23.0 Å². The zero-order valence-electron chi connectivity index (χ0n) is 12.0. The van der Waals surface area contributed by atoms with Gasteiger partial charge in [0.25, 0.3) is 5.91 Å². The molecule has 0 aliphatic rings. The number of carbonyl (C=O) groups is 1. The number of amides is 1. The van der Waals surface area contributed by atoms with Gasteiger partial charge in [-0.1, -0.05) is 51.8 Å². The summed E-state index contributed by atoms with van der Waals surface area (Å²) in [6.07, 6.45) is 0. The molecular weight excluding hydrogens is 378 g/mol. The van der Waals surface area contributed by atoms with Crippen molar-refractivity contribution < 1.29 is 4.79 Å². The Morgan fingerprint density at radius 3 is 2.70 bits per heavy atom. The number of aromatic amines is 1. The van der Waals surface area contributed by atoms with Gasteiger partial charge in [-0.3, -0.25) is 9.89 Å². The first-order chi connectivity index (χ1) is 11.1. The number of aromatic nitrogens is 2. The van der Waals surface area contributed by atoms with Gasteiger partial charge < -0.3 is 5.32 Å². The molecule has 2 aromatic carbocycles. The molecule has 0 bridgehead atoms. The molecule has 1 heterocycles. The summed E-state index contributed by atoms with van der Waals surface area (Å²) in [7, 11) is 0. The Morgan fingerprint density at radius 2 is 1.96 bits per heavy atom. The van der Waals surface area contributed by atoms with Gasteiger partial charge in [0.15, 0.2) is 0 Å². The summed E-state index contributed by atoms with van der Waals surface area (Å²) < 4.78 is 1.01. The second-order valence-corrected chi connectivity index (χ2v) is 6.34. The van der Waals surface area contributed by atoms with Gasteiger partial charge in [0.05, 0.1) is 5.69 Å². The number of carbonyl (C=O) groups excluding carboxylic acids is 1. The number of halogens is 2. The van der Waals surface area contributed by atoms with Gasteiger partial charge in [-0.25, -0.2) is 0 Å². The topological polar surface area (TPSA) is 57.8 Å². The molecule has 0 saturated heterocycles. The summed E-state index contributed by atoms with van der Waals surface area (Å²) in [5.41, 5.74) is 2.98. The van der Waals surface area contributed by atoms with Crippen molar-refractivity contribution in [1.82, 2.24) is 15.5 Å². The van der Waals surface area contributed by atoms with Crippen molar-refractivity contribution in [3.63, 3.8) is 0 Å². The van der Waals surface area contributed by atoms with Gasteiger partial charge in [-0.05, 0) is 35.9 Å². The zero-order valence-corrected chi connectivity index (χ0v) is 14.4. The summed E-state index contributed by atoms with van der Waals surface area (Å²) in [6.45, 7) is 0.456. The molecule has 0 atom stereocenters. The lowest BCUT2D eigenvalue weighted by atomic mass is 10.1. The van der Waals surface area contributed by atoms with E-state index in [9.17, 15) is 4.79 Å². The van der Waals surface area contributed by atoms with Crippen molar-refractivity contribution in [3.05, 3.63) is 75.4 Å². The van der Waals surface area contributed by atoms with Crippen LogP contribution in [0, 0.1) is 0 Å². The maximum atomic E-state index is 12.2. The van der Waals surface area contributed by atoms with E-state index in [1.807, 2.05) is 36.4 Å². The maximum Gasteiger partial charge on any atom is 0.269 e. The van der Waals surface area contributed by atoms with Crippen LogP contribution in [0.5, 0.6) is 0 Å². The van der Waals surface area contributed by atoms with Gasteiger partial charge in [0, 0.05) is 21.6 Å². The van der Waals surface area contributed by atoms with Gasteiger partial charge >= 0.3 is 0 Å². The maximum absolute atomic E-state index is 12.2. The van der Waals surface area contributed by atoms with Gasteiger partial charge in [0.1, 0.15) is 5.69 Å². The van der Waals surface area contributed by atoms with Crippen molar-refractivity contribution in [2.45, 2.75) is 6.54 Å². The van der Waals surface area contributed by atoms with E-state index in [2.05, 4.69) is 31.4 Å². The molecule has 0 unspecified atom stereocenters. The monoisotopic (exact) mass is 389 g/mol. The van der Waals surface area contributed by atoms with Crippen molar-refractivity contribution in [1.29, 1.82) is 0 Å². The van der Waals surface area contributed by atoms with Crippen molar-refractivity contribution in [2.75, 3.05) is 0 Å². The van der Waals surface area contributed by atoms with Crippen LogP contribution in [0.25, 0.3) is 11.3 Å². The molecule has 1 amide bonds. The van der Waals surface area contributed by atoms with Crippen LogP contribution in [0.1, 0.15) is 16.1 Å². The fourth-order valence-corrected chi connectivity index (χ4v) is 2.57. The highest BCUT2D eigenvalue weighted by atomic mass is 79.9. The molecule has 3 rings (SSSR count). The number of H-pyrrole nitrogens is 1. The first-order valence-electron chi connectivity index (χ1n) is 6.96. The normalized spacial score (nSPS) is 10.5. The largest absolute Gasteiger partial charge is 0.347 e. The van der Waals surface area contributed by atoms with E-state index < -0.39 is 0 Å². The van der Waals surface area contributed by atoms with Crippen LogP contribution in [0.3, 0.4) is 0 Å². The van der Waals surface area contributed by atoms with Crippen LogP contribution >= 0.6 is 27.5 Å². The minimum absolute atomic E-state index is 0.200. The summed E-state index contributed by atoms with van der Waals surface area (Å²) in [5.74, 6) is -0.200. The second kappa shape index (κ2) is 6.98. The Kier molecular flexibility index (Phi) is 4.79. The average Bonchev–Trinajstić information content (AvgIpc) is 3.04. The molecule has 1 aromatic heterocycles. The number of nitrogens with zero attached hydrogens (tertiary/aromatic N) is 1. The molecule has 4 nitrogen and oxygen atoms in total. The minimum atomic E-state index is -0.200. The lowest BCUT2D eigenvalue weighted by molar-refractivity contribution is 0.0946. The van der Waals surface area contributed by atoms with E-state index in [1.54, 1.807) is 18.2 Å². The SMILES string of the molecule is O=C(NCc1ccc(Br)cc1)c1cc(-c2cccc(Cl)c2)n[nH]1. The lowest BCUT2D eigenvalue weighted by Crippen LogP contribution is -2.23. The Morgan fingerprint density at radius 1 is 1.17 bits per heavy atom. The molecule has 0 spiro atoms. The van der Waals surface area contributed by atoms with Crippen molar-refractivity contribution in [2.24, 2.45) is 0 Å².